The van der Waals surface area contributed by atoms with Gasteiger partial charge in [-0.1, -0.05) is 20.8 Å². The van der Waals surface area contributed by atoms with Crippen molar-refractivity contribution in [2.45, 2.75) is 39.7 Å². The number of methoxy groups -OCH3 is 1. The van der Waals surface area contributed by atoms with Crippen LogP contribution in [0, 0.1) is 43.4 Å². The van der Waals surface area contributed by atoms with E-state index in [0.717, 1.165) is 13.2 Å². The number of hydrazone groups is 1. The van der Waals surface area contributed by atoms with Crippen molar-refractivity contribution in [2.75, 3.05) is 20.3 Å². The van der Waals surface area contributed by atoms with E-state index < -0.39 is 0 Å². The zero-order valence-corrected chi connectivity index (χ0v) is 13.2. The summed E-state index contributed by atoms with van der Waals surface area (Å²) in [5.41, 5.74) is 1.22. The van der Waals surface area contributed by atoms with E-state index in [1.807, 2.05) is 0 Å². The summed E-state index contributed by atoms with van der Waals surface area (Å²) < 4.78 is 5.33. The fraction of sp³-hybridized carbons (Fsp3) is 0.647. The first-order chi connectivity index (χ1) is 9.63. The number of nitrogens with zero attached hydrogens (tertiary/aromatic N) is 2. The molecule has 0 unspecified atom stereocenters. The van der Waals surface area contributed by atoms with Crippen molar-refractivity contribution in [2.24, 2.45) is 16.9 Å². The minimum atomic E-state index is 0.435. The largest absolute Gasteiger partial charge is 0.382 e. The molecule has 1 aliphatic carbocycles. The minimum Gasteiger partial charge on any atom is -0.382 e. The van der Waals surface area contributed by atoms with E-state index >= 15 is 0 Å². The van der Waals surface area contributed by atoms with Gasteiger partial charge in [0.15, 0.2) is 0 Å². The van der Waals surface area contributed by atoms with Crippen LogP contribution in [0.5, 0.6) is 0 Å². The molecule has 0 aromatic heterocycles. The first-order valence-corrected chi connectivity index (χ1v) is 7.69. The summed E-state index contributed by atoms with van der Waals surface area (Å²) in [6, 6.07) is 0.435. The molecule has 2 rings (SSSR count). The lowest BCUT2D eigenvalue weighted by Crippen LogP contribution is -2.33. The highest BCUT2D eigenvalue weighted by Crippen LogP contribution is 2.31. The zero-order chi connectivity index (χ0) is 14.5. The van der Waals surface area contributed by atoms with Gasteiger partial charge in [0.2, 0.25) is 0 Å². The molecule has 111 valence electrons. The molecule has 0 bridgehead atoms. The Labute approximate surface area is 124 Å². The average molecular weight is 275 g/mol. The lowest BCUT2D eigenvalue weighted by molar-refractivity contribution is 0.117. The Balaban J connectivity index is 2.13. The van der Waals surface area contributed by atoms with Gasteiger partial charge in [0.1, 0.15) is 0 Å². The summed E-state index contributed by atoms with van der Waals surface area (Å²) in [5, 5.41) is 7.25. The molecule has 3 heteroatoms. The maximum Gasteiger partial charge on any atom is 0.0704 e. The number of rotatable bonds is 6. The molecule has 20 heavy (non-hydrogen) atoms. The van der Waals surface area contributed by atoms with Crippen LogP contribution in [0.25, 0.3) is 0 Å². The fourth-order valence-electron chi connectivity index (χ4n) is 2.72. The molecule has 3 nitrogen and oxygen atoms in total. The van der Waals surface area contributed by atoms with Crippen LogP contribution in [0.15, 0.2) is 5.10 Å². The molecule has 2 aliphatic rings. The predicted octanol–water partition coefficient (Wildman–Crippen LogP) is 3.15. The lowest BCUT2D eigenvalue weighted by Gasteiger charge is -2.28. The summed E-state index contributed by atoms with van der Waals surface area (Å²) in [7, 11) is 1.77. The zero-order valence-electron chi connectivity index (χ0n) is 13.2. The van der Waals surface area contributed by atoms with Crippen molar-refractivity contribution < 1.29 is 4.74 Å². The van der Waals surface area contributed by atoms with Crippen molar-refractivity contribution in [3.05, 3.63) is 31.6 Å². The molecule has 0 aromatic rings. The minimum absolute atomic E-state index is 0.435. The summed E-state index contributed by atoms with van der Waals surface area (Å²) >= 11 is 0. The summed E-state index contributed by atoms with van der Waals surface area (Å²) in [6.07, 6.45) is 10.9. The Kier molecular flexibility index (Phi) is 5.88. The van der Waals surface area contributed by atoms with Crippen LogP contribution in [0.2, 0.25) is 0 Å². The number of hydrogen-bond donors (Lipinski definition) is 0. The normalized spacial score (nSPS) is 26.8. The van der Waals surface area contributed by atoms with Gasteiger partial charge < -0.3 is 4.74 Å². The van der Waals surface area contributed by atoms with Crippen LogP contribution in [0.4, 0.5) is 0 Å². The van der Waals surface area contributed by atoms with Gasteiger partial charge in [0, 0.05) is 25.3 Å². The van der Waals surface area contributed by atoms with Crippen LogP contribution in [0.1, 0.15) is 33.6 Å². The molecule has 0 aromatic carbocycles. The number of hydrogen-bond acceptors (Lipinski definition) is 3. The Morgan fingerprint density at radius 2 is 2.05 bits per heavy atom. The molecule has 0 amide bonds. The fourth-order valence-corrected chi connectivity index (χ4v) is 2.72. The van der Waals surface area contributed by atoms with Gasteiger partial charge in [-0.15, -0.1) is 0 Å². The van der Waals surface area contributed by atoms with E-state index in [2.05, 4.69) is 51.5 Å². The highest BCUT2D eigenvalue weighted by Gasteiger charge is 2.31. The smallest absolute Gasteiger partial charge is 0.0704 e. The van der Waals surface area contributed by atoms with Gasteiger partial charge >= 0.3 is 0 Å². The van der Waals surface area contributed by atoms with Gasteiger partial charge in [-0.3, -0.25) is 5.01 Å². The third-order valence-corrected chi connectivity index (χ3v) is 4.33. The van der Waals surface area contributed by atoms with Gasteiger partial charge in [0.25, 0.3) is 0 Å². The maximum atomic E-state index is 5.33. The van der Waals surface area contributed by atoms with E-state index in [9.17, 15) is 0 Å². The molecule has 1 saturated heterocycles. The second-order valence-electron chi connectivity index (χ2n) is 6.11. The van der Waals surface area contributed by atoms with Crippen molar-refractivity contribution >= 4 is 5.71 Å². The Morgan fingerprint density at radius 3 is 2.65 bits per heavy atom. The molecule has 1 aliphatic heterocycles. The standard InChI is InChI=1S/C17H27N2O/c1-13(2)14(3)17(15-8-5-6-9-15)18-19-11-7-10-16(19)12-20-4/h5-6,8-9,13-14,16H,7,10-12H2,1-4H3/b18-17-/t14-,16+/m1/s1. The second kappa shape index (κ2) is 7.44. The third-order valence-electron chi connectivity index (χ3n) is 4.33. The van der Waals surface area contributed by atoms with E-state index in [1.54, 1.807) is 7.11 Å². The predicted molar refractivity (Wildman–Crippen MR) is 83.5 cm³/mol. The Bertz CT molecular complexity index is 317. The quantitative estimate of drug-likeness (QED) is 0.696. The molecule has 1 saturated carbocycles. The SMILES string of the molecule is COC[C@@H]1CCCN1/N=C(\[C]1[CH][CH][CH][CH]1)[C@H](C)C(C)C. The van der Waals surface area contributed by atoms with E-state index in [0.29, 0.717) is 17.9 Å². The molecule has 5 radical (unpaired) electrons. The van der Waals surface area contributed by atoms with E-state index in [-0.39, 0.29) is 0 Å². The first-order valence-electron chi connectivity index (χ1n) is 7.69. The highest BCUT2D eigenvalue weighted by molar-refractivity contribution is 6.03. The van der Waals surface area contributed by atoms with Crippen molar-refractivity contribution in [1.29, 1.82) is 0 Å². The molecule has 2 atom stereocenters. The monoisotopic (exact) mass is 275 g/mol. The van der Waals surface area contributed by atoms with Crippen LogP contribution in [-0.4, -0.2) is 37.0 Å². The highest BCUT2D eigenvalue weighted by atomic mass is 16.5. The van der Waals surface area contributed by atoms with E-state index in [1.165, 1.54) is 24.5 Å². The topological polar surface area (TPSA) is 24.8 Å². The maximum absolute atomic E-state index is 5.33. The summed E-state index contributed by atoms with van der Waals surface area (Å²) in [5.74, 6) is 2.31. The van der Waals surface area contributed by atoms with Crippen LogP contribution >= 0.6 is 0 Å². The average Bonchev–Trinajstić information content (AvgIpc) is 3.07. The molecule has 0 spiro atoms. The molecule has 1 heterocycles. The Morgan fingerprint density at radius 1 is 1.35 bits per heavy atom. The van der Waals surface area contributed by atoms with Crippen molar-refractivity contribution in [3.8, 4) is 0 Å². The van der Waals surface area contributed by atoms with Gasteiger partial charge in [0.05, 0.1) is 12.6 Å². The summed E-state index contributed by atoms with van der Waals surface area (Å²) in [4.78, 5) is 0. The van der Waals surface area contributed by atoms with Gasteiger partial charge in [-0.25, -0.2) is 0 Å². The second-order valence-corrected chi connectivity index (χ2v) is 6.11. The Hall–Kier alpha value is -0.570. The van der Waals surface area contributed by atoms with Crippen LogP contribution in [0.3, 0.4) is 0 Å². The summed E-state index contributed by atoms with van der Waals surface area (Å²) in [6.45, 7) is 8.62. The van der Waals surface area contributed by atoms with Crippen molar-refractivity contribution in [1.82, 2.24) is 5.01 Å². The number of ether oxygens (including phenoxy) is 1. The van der Waals surface area contributed by atoms with Crippen LogP contribution in [-0.2, 0) is 4.74 Å². The first kappa shape index (κ1) is 15.8. The molecular weight excluding hydrogens is 248 g/mol. The third kappa shape index (κ3) is 3.75. The van der Waals surface area contributed by atoms with Gasteiger partial charge in [-0.05, 0) is 50.4 Å². The molecule has 2 fully saturated rings. The van der Waals surface area contributed by atoms with Crippen molar-refractivity contribution in [3.63, 3.8) is 0 Å². The lowest BCUT2D eigenvalue weighted by atomic mass is 9.85. The van der Waals surface area contributed by atoms with E-state index in [4.69, 9.17) is 9.84 Å². The molecule has 0 N–H and O–H groups in total. The van der Waals surface area contributed by atoms with Gasteiger partial charge in [-0.2, -0.15) is 5.10 Å². The molecular formula is C17H27N2O. The van der Waals surface area contributed by atoms with Crippen LogP contribution < -0.4 is 0 Å².